The maximum atomic E-state index is 13.2. The summed E-state index contributed by atoms with van der Waals surface area (Å²) < 4.78 is 14.9. The van der Waals surface area contributed by atoms with Crippen molar-refractivity contribution in [2.24, 2.45) is 17.8 Å². The highest BCUT2D eigenvalue weighted by molar-refractivity contribution is 8.02. The molecule has 1 heterocycles. The highest BCUT2D eigenvalue weighted by atomic mass is 35.5. The average molecular weight is 296 g/mol. The molecule has 0 spiro atoms. The first-order valence-corrected chi connectivity index (χ1v) is 7.51. The Morgan fingerprint density at radius 1 is 1.32 bits per heavy atom. The summed E-state index contributed by atoms with van der Waals surface area (Å²) in [6, 6.07) is 4.45. The molecule has 98 valence electrons. The quantitative estimate of drug-likeness (QED) is 0.582. The molecular weight excluding hydrogens is 285 g/mol. The molecule has 2 aliphatic carbocycles. The SMILES string of the molecule is O=C1[C@@H]2[C@H](SN1c1ccc(F)c(Cl)c1)[C@@H]1C=C[C@H]2C1. The fraction of sp³-hybridized carbons (Fsp3) is 0.357. The van der Waals surface area contributed by atoms with E-state index in [-0.39, 0.29) is 16.8 Å². The van der Waals surface area contributed by atoms with Gasteiger partial charge in [0.1, 0.15) is 5.82 Å². The van der Waals surface area contributed by atoms with Gasteiger partial charge in [-0.05, 0) is 48.4 Å². The van der Waals surface area contributed by atoms with Crippen molar-refractivity contribution >= 4 is 35.1 Å². The predicted octanol–water partition coefficient (Wildman–Crippen LogP) is 3.66. The van der Waals surface area contributed by atoms with E-state index in [1.807, 2.05) is 0 Å². The molecule has 2 fully saturated rings. The Bertz CT molecular complexity index is 605. The molecule has 1 aromatic carbocycles. The third-order valence-electron chi connectivity index (χ3n) is 4.24. The molecule has 1 saturated heterocycles. The van der Waals surface area contributed by atoms with Crippen LogP contribution in [0.15, 0.2) is 30.4 Å². The minimum absolute atomic E-state index is 0.0593. The molecule has 1 aromatic rings. The Labute approximate surface area is 119 Å². The minimum atomic E-state index is -0.455. The van der Waals surface area contributed by atoms with Crippen LogP contribution in [0.5, 0.6) is 0 Å². The number of hydrogen-bond acceptors (Lipinski definition) is 2. The van der Waals surface area contributed by atoms with Crippen LogP contribution in [0.3, 0.4) is 0 Å². The standard InChI is InChI=1S/C14H11ClFNOS/c15-10-6-9(3-4-11(10)16)17-14(18)12-7-1-2-8(5-7)13(12)19-17/h1-4,6-8,12-13H,5H2/t7-,8+,12-,13+/m0/s1. The van der Waals surface area contributed by atoms with Gasteiger partial charge in [0.05, 0.1) is 16.6 Å². The minimum Gasteiger partial charge on any atom is -0.273 e. The van der Waals surface area contributed by atoms with Gasteiger partial charge in [-0.1, -0.05) is 23.8 Å². The summed E-state index contributed by atoms with van der Waals surface area (Å²) in [7, 11) is 0. The van der Waals surface area contributed by atoms with E-state index in [1.54, 1.807) is 22.3 Å². The van der Waals surface area contributed by atoms with Gasteiger partial charge in [0.15, 0.2) is 0 Å². The fourth-order valence-electron chi connectivity index (χ4n) is 3.35. The number of benzene rings is 1. The van der Waals surface area contributed by atoms with E-state index in [4.69, 9.17) is 11.6 Å². The van der Waals surface area contributed by atoms with Gasteiger partial charge in [0, 0.05) is 5.25 Å². The Morgan fingerprint density at radius 2 is 2.11 bits per heavy atom. The second kappa shape index (κ2) is 4.00. The summed E-state index contributed by atoms with van der Waals surface area (Å²) in [5.41, 5.74) is 0.676. The summed E-state index contributed by atoms with van der Waals surface area (Å²) in [5, 5.41) is 0.399. The van der Waals surface area contributed by atoms with E-state index < -0.39 is 5.82 Å². The molecule has 4 rings (SSSR count). The normalized spacial score (nSPS) is 35.3. The molecule has 1 aliphatic heterocycles. The topological polar surface area (TPSA) is 20.3 Å². The molecule has 1 saturated carbocycles. The lowest BCUT2D eigenvalue weighted by molar-refractivity contribution is -0.120. The van der Waals surface area contributed by atoms with Gasteiger partial charge in [-0.2, -0.15) is 0 Å². The van der Waals surface area contributed by atoms with Gasteiger partial charge < -0.3 is 0 Å². The lowest BCUT2D eigenvalue weighted by atomic mass is 9.92. The third-order valence-corrected chi connectivity index (χ3v) is 6.01. The van der Waals surface area contributed by atoms with Gasteiger partial charge in [-0.15, -0.1) is 0 Å². The Balaban J connectivity index is 1.68. The number of nitrogens with zero attached hydrogens (tertiary/aromatic N) is 1. The van der Waals surface area contributed by atoms with E-state index in [2.05, 4.69) is 12.2 Å². The zero-order chi connectivity index (χ0) is 13.1. The number of anilines is 1. The number of halogens is 2. The van der Waals surface area contributed by atoms with E-state index in [0.717, 1.165) is 6.42 Å². The van der Waals surface area contributed by atoms with Crippen LogP contribution in [0, 0.1) is 23.6 Å². The lowest BCUT2D eigenvalue weighted by Crippen LogP contribution is -2.27. The molecule has 0 aromatic heterocycles. The highest BCUT2D eigenvalue weighted by Crippen LogP contribution is 2.56. The second-order valence-corrected chi connectivity index (χ2v) is 6.80. The van der Waals surface area contributed by atoms with Gasteiger partial charge in [-0.25, -0.2) is 4.39 Å². The summed E-state index contributed by atoms with van der Waals surface area (Å²) in [4.78, 5) is 12.5. The van der Waals surface area contributed by atoms with Crippen LogP contribution in [0.25, 0.3) is 0 Å². The van der Waals surface area contributed by atoms with Crippen molar-refractivity contribution in [1.82, 2.24) is 0 Å². The van der Waals surface area contributed by atoms with Crippen LogP contribution in [0.4, 0.5) is 10.1 Å². The van der Waals surface area contributed by atoms with Crippen LogP contribution in [-0.2, 0) is 4.79 Å². The van der Waals surface area contributed by atoms with E-state index >= 15 is 0 Å². The third kappa shape index (κ3) is 1.59. The number of allylic oxidation sites excluding steroid dienone is 2. The number of carbonyl (C=O) groups is 1. The molecule has 4 atom stereocenters. The first-order chi connectivity index (χ1) is 9.15. The van der Waals surface area contributed by atoms with Crippen molar-refractivity contribution in [2.75, 3.05) is 4.31 Å². The number of rotatable bonds is 1. The first kappa shape index (κ1) is 11.8. The van der Waals surface area contributed by atoms with Crippen LogP contribution >= 0.6 is 23.5 Å². The lowest BCUT2D eigenvalue weighted by Gasteiger charge is -2.17. The van der Waals surface area contributed by atoms with E-state index in [0.29, 0.717) is 22.8 Å². The number of fused-ring (bicyclic) bond motifs is 5. The fourth-order valence-corrected chi connectivity index (χ4v) is 5.04. The molecule has 1 amide bonds. The van der Waals surface area contributed by atoms with Crippen LogP contribution < -0.4 is 4.31 Å². The Kier molecular flexibility index (Phi) is 2.48. The average Bonchev–Trinajstić information content (AvgIpc) is 3.06. The number of hydrogen-bond donors (Lipinski definition) is 0. The maximum Gasteiger partial charge on any atom is 0.242 e. The molecule has 0 unspecified atom stereocenters. The Hall–Kier alpha value is -1.00. The molecular formula is C14H11ClFNOS. The predicted molar refractivity (Wildman–Crippen MR) is 74.5 cm³/mol. The molecule has 0 N–H and O–H groups in total. The van der Waals surface area contributed by atoms with E-state index in [1.165, 1.54) is 12.1 Å². The van der Waals surface area contributed by atoms with E-state index in [9.17, 15) is 9.18 Å². The van der Waals surface area contributed by atoms with Gasteiger partial charge >= 0.3 is 0 Å². The summed E-state index contributed by atoms with van der Waals surface area (Å²) in [6.45, 7) is 0. The maximum absolute atomic E-state index is 13.2. The van der Waals surface area contributed by atoms with Gasteiger partial charge in [0.2, 0.25) is 5.91 Å². The molecule has 3 aliphatic rings. The summed E-state index contributed by atoms with van der Waals surface area (Å²) >= 11 is 7.37. The first-order valence-electron chi connectivity index (χ1n) is 6.29. The molecule has 5 heteroatoms. The van der Waals surface area contributed by atoms with Crippen molar-refractivity contribution < 1.29 is 9.18 Å². The number of carbonyl (C=O) groups excluding carboxylic acids is 1. The highest BCUT2D eigenvalue weighted by Gasteiger charge is 2.55. The largest absolute Gasteiger partial charge is 0.273 e. The van der Waals surface area contributed by atoms with Crippen LogP contribution in [0.2, 0.25) is 5.02 Å². The van der Waals surface area contributed by atoms with Gasteiger partial charge in [0.25, 0.3) is 0 Å². The van der Waals surface area contributed by atoms with Crippen molar-refractivity contribution in [3.05, 3.63) is 41.2 Å². The van der Waals surface area contributed by atoms with Crippen molar-refractivity contribution in [1.29, 1.82) is 0 Å². The molecule has 19 heavy (non-hydrogen) atoms. The van der Waals surface area contributed by atoms with Crippen LogP contribution in [-0.4, -0.2) is 11.2 Å². The molecule has 0 radical (unpaired) electrons. The zero-order valence-electron chi connectivity index (χ0n) is 9.92. The monoisotopic (exact) mass is 295 g/mol. The zero-order valence-corrected chi connectivity index (χ0v) is 11.5. The van der Waals surface area contributed by atoms with Crippen molar-refractivity contribution in [3.63, 3.8) is 0 Å². The van der Waals surface area contributed by atoms with Crippen molar-refractivity contribution in [2.45, 2.75) is 11.7 Å². The Morgan fingerprint density at radius 3 is 2.84 bits per heavy atom. The summed E-state index contributed by atoms with van der Waals surface area (Å²) in [6.07, 6.45) is 5.50. The smallest absolute Gasteiger partial charge is 0.242 e. The van der Waals surface area contributed by atoms with Crippen LogP contribution in [0.1, 0.15) is 6.42 Å². The number of amides is 1. The van der Waals surface area contributed by atoms with Crippen molar-refractivity contribution in [3.8, 4) is 0 Å². The molecule has 2 bridgehead atoms. The molecule has 2 nitrogen and oxygen atoms in total. The second-order valence-electron chi connectivity index (χ2n) is 5.28. The van der Waals surface area contributed by atoms with Gasteiger partial charge in [-0.3, -0.25) is 9.10 Å². The summed E-state index contributed by atoms with van der Waals surface area (Å²) in [5.74, 6) is 0.656.